The van der Waals surface area contributed by atoms with E-state index in [4.69, 9.17) is 9.47 Å². The fraction of sp³-hybridized carbons (Fsp3) is 0.167. The molecule has 0 spiro atoms. The van der Waals surface area contributed by atoms with Crippen molar-refractivity contribution in [3.8, 4) is 5.75 Å². The predicted molar refractivity (Wildman–Crippen MR) is 117 cm³/mol. The van der Waals surface area contributed by atoms with Crippen LogP contribution in [0.2, 0.25) is 0 Å². The summed E-state index contributed by atoms with van der Waals surface area (Å²) >= 11 is 0. The SMILES string of the molecule is COCCOc1ccccc1C(=O)Nc1ccc(NC(=O)c2cccc(C)c2)cc1. The molecule has 6 heteroatoms. The van der Waals surface area contributed by atoms with Crippen molar-refractivity contribution in [2.75, 3.05) is 31.0 Å². The normalized spacial score (nSPS) is 10.3. The molecule has 3 aromatic rings. The van der Waals surface area contributed by atoms with Gasteiger partial charge in [0.2, 0.25) is 0 Å². The summed E-state index contributed by atoms with van der Waals surface area (Å²) in [6.07, 6.45) is 0. The van der Waals surface area contributed by atoms with Crippen LogP contribution in [-0.4, -0.2) is 32.1 Å². The summed E-state index contributed by atoms with van der Waals surface area (Å²) in [5.74, 6) is 0.0336. The minimum Gasteiger partial charge on any atom is -0.490 e. The van der Waals surface area contributed by atoms with Crippen LogP contribution in [0.1, 0.15) is 26.3 Å². The molecule has 0 bridgehead atoms. The fourth-order valence-corrected chi connectivity index (χ4v) is 2.84. The van der Waals surface area contributed by atoms with Gasteiger partial charge < -0.3 is 20.1 Å². The quantitative estimate of drug-likeness (QED) is 0.541. The van der Waals surface area contributed by atoms with Gasteiger partial charge in [-0.2, -0.15) is 0 Å². The van der Waals surface area contributed by atoms with Crippen molar-refractivity contribution in [3.63, 3.8) is 0 Å². The summed E-state index contributed by atoms with van der Waals surface area (Å²) in [6, 6.07) is 21.4. The number of anilines is 2. The Labute approximate surface area is 175 Å². The number of amides is 2. The van der Waals surface area contributed by atoms with Gasteiger partial charge in [-0.05, 0) is 55.5 Å². The van der Waals surface area contributed by atoms with Crippen molar-refractivity contribution in [1.29, 1.82) is 0 Å². The van der Waals surface area contributed by atoms with E-state index in [1.165, 1.54) is 0 Å². The van der Waals surface area contributed by atoms with Crippen LogP contribution in [0, 0.1) is 6.92 Å². The largest absolute Gasteiger partial charge is 0.490 e. The number of rotatable bonds is 8. The number of carbonyl (C=O) groups is 2. The summed E-state index contributed by atoms with van der Waals surface area (Å²) in [6.45, 7) is 2.73. The van der Waals surface area contributed by atoms with Crippen LogP contribution in [0.3, 0.4) is 0 Å². The average Bonchev–Trinajstić information content (AvgIpc) is 2.75. The van der Waals surface area contributed by atoms with Gasteiger partial charge in [0.25, 0.3) is 11.8 Å². The molecule has 0 heterocycles. The van der Waals surface area contributed by atoms with Gasteiger partial charge in [-0.1, -0.05) is 29.8 Å². The van der Waals surface area contributed by atoms with Gasteiger partial charge in [-0.3, -0.25) is 9.59 Å². The Kier molecular flexibility index (Phi) is 7.19. The Hall–Kier alpha value is -3.64. The van der Waals surface area contributed by atoms with Gasteiger partial charge >= 0.3 is 0 Å². The second-order valence-corrected chi connectivity index (χ2v) is 6.69. The van der Waals surface area contributed by atoms with E-state index in [1.54, 1.807) is 55.6 Å². The first-order chi connectivity index (χ1) is 14.6. The maximum atomic E-state index is 12.7. The molecule has 2 amide bonds. The van der Waals surface area contributed by atoms with Crippen molar-refractivity contribution in [2.24, 2.45) is 0 Å². The van der Waals surface area contributed by atoms with Crippen LogP contribution in [0.15, 0.2) is 72.8 Å². The van der Waals surface area contributed by atoms with Gasteiger partial charge in [0.05, 0.1) is 12.2 Å². The maximum absolute atomic E-state index is 12.7. The highest BCUT2D eigenvalue weighted by Gasteiger charge is 2.13. The van der Waals surface area contributed by atoms with E-state index in [1.807, 2.05) is 31.2 Å². The Morgan fingerprint density at radius 2 is 1.47 bits per heavy atom. The number of para-hydroxylation sites is 1. The molecule has 0 radical (unpaired) electrons. The number of ether oxygens (including phenoxy) is 2. The van der Waals surface area contributed by atoms with E-state index in [-0.39, 0.29) is 11.8 Å². The second-order valence-electron chi connectivity index (χ2n) is 6.69. The highest BCUT2D eigenvalue weighted by molar-refractivity contribution is 6.07. The van der Waals surface area contributed by atoms with E-state index in [0.29, 0.717) is 41.5 Å². The molecule has 0 aliphatic carbocycles. The smallest absolute Gasteiger partial charge is 0.259 e. The van der Waals surface area contributed by atoms with E-state index >= 15 is 0 Å². The number of aryl methyl sites for hydroxylation is 1. The highest BCUT2D eigenvalue weighted by Crippen LogP contribution is 2.21. The molecular weight excluding hydrogens is 380 g/mol. The maximum Gasteiger partial charge on any atom is 0.259 e. The lowest BCUT2D eigenvalue weighted by Gasteiger charge is -2.12. The van der Waals surface area contributed by atoms with Crippen molar-refractivity contribution in [2.45, 2.75) is 6.92 Å². The standard InChI is InChI=1S/C24H24N2O4/c1-17-6-5-7-18(16-17)23(27)25-19-10-12-20(13-11-19)26-24(28)21-8-3-4-9-22(21)30-15-14-29-2/h3-13,16H,14-15H2,1-2H3,(H,25,27)(H,26,28). The van der Waals surface area contributed by atoms with Crippen molar-refractivity contribution >= 4 is 23.2 Å². The van der Waals surface area contributed by atoms with Gasteiger partial charge in [-0.15, -0.1) is 0 Å². The zero-order valence-corrected chi connectivity index (χ0v) is 17.0. The number of benzene rings is 3. The van der Waals surface area contributed by atoms with Crippen LogP contribution in [0.25, 0.3) is 0 Å². The monoisotopic (exact) mass is 404 g/mol. The third-order valence-electron chi connectivity index (χ3n) is 4.36. The summed E-state index contributed by atoms with van der Waals surface area (Å²) in [5.41, 5.74) is 3.30. The zero-order chi connectivity index (χ0) is 21.3. The first-order valence-electron chi connectivity index (χ1n) is 9.57. The van der Waals surface area contributed by atoms with E-state index < -0.39 is 0 Å². The van der Waals surface area contributed by atoms with Gasteiger partial charge in [0.15, 0.2) is 0 Å². The van der Waals surface area contributed by atoms with Gasteiger partial charge in [0, 0.05) is 24.0 Å². The number of methoxy groups -OCH3 is 1. The Balaban J connectivity index is 1.63. The number of carbonyl (C=O) groups excluding carboxylic acids is 2. The lowest BCUT2D eigenvalue weighted by Crippen LogP contribution is -2.15. The number of hydrogen-bond acceptors (Lipinski definition) is 4. The van der Waals surface area contributed by atoms with Crippen LogP contribution < -0.4 is 15.4 Å². The molecular formula is C24H24N2O4. The zero-order valence-electron chi connectivity index (χ0n) is 17.0. The van der Waals surface area contributed by atoms with Crippen LogP contribution in [0.5, 0.6) is 5.75 Å². The number of nitrogens with one attached hydrogen (secondary N) is 2. The topological polar surface area (TPSA) is 76.7 Å². The van der Waals surface area contributed by atoms with E-state index in [0.717, 1.165) is 5.56 Å². The van der Waals surface area contributed by atoms with Crippen LogP contribution in [-0.2, 0) is 4.74 Å². The number of hydrogen-bond donors (Lipinski definition) is 2. The van der Waals surface area contributed by atoms with Crippen molar-refractivity contribution in [1.82, 2.24) is 0 Å². The molecule has 0 aromatic heterocycles. The fourth-order valence-electron chi connectivity index (χ4n) is 2.84. The minimum absolute atomic E-state index is 0.183. The minimum atomic E-state index is -0.278. The highest BCUT2D eigenvalue weighted by atomic mass is 16.5. The summed E-state index contributed by atoms with van der Waals surface area (Å²) in [7, 11) is 1.59. The molecule has 2 N–H and O–H groups in total. The third kappa shape index (κ3) is 5.68. The molecule has 154 valence electrons. The lowest BCUT2D eigenvalue weighted by molar-refractivity contribution is 0.101. The molecule has 0 aliphatic rings. The molecule has 30 heavy (non-hydrogen) atoms. The van der Waals surface area contributed by atoms with Crippen LogP contribution >= 0.6 is 0 Å². The molecule has 0 atom stereocenters. The molecule has 0 aliphatic heterocycles. The molecule has 0 fully saturated rings. The van der Waals surface area contributed by atoms with E-state index in [9.17, 15) is 9.59 Å². The predicted octanol–water partition coefficient (Wildman–Crippen LogP) is 4.52. The summed E-state index contributed by atoms with van der Waals surface area (Å²) in [5, 5.41) is 5.70. The molecule has 6 nitrogen and oxygen atoms in total. The Bertz CT molecular complexity index is 1020. The van der Waals surface area contributed by atoms with E-state index in [2.05, 4.69) is 10.6 Å². The van der Waals surface area contributed by atoms with Crippen molar-refractivity contribution in [3.05, 3.63) is 89.5 Å². The molecule has 0 saturated heterocycles. The van der Waals surface area contributed by atoms with Gasteiger partial charge in [-0.25, -0.2) is 0 Å². The molecule has 3 rings (SSSR count). The summed E-state index contributed by atoms with van der Waals surface area (Å²) in [4.78, 5) is 25.0. The average molecular weight is 404 g/mol. The summed E-state index contributed by atoms with van der Waals surface area (Å²) < 4.78 is 10.6. The second kappa shape index (κ2) is 10.2. The Morgan fingerprint density at radius 3 is 2.13 bits per heavy atom. The van der Waals surface area contributed by atoms with Crippen molar-refractivity contribution < 1.29 is 19.1 Å². The third-order valence-corrected chi connectivity index (χ3v) is 4.36. The molecule has 0 unspecified atom stereocenters. The molecule has 0 saturated carbocycles. The molecule has 3 aromatic carbocycles. The van der Waals surface area contributed by atoms with Crippen LogP contribution in [0.4, 0.5) is 11.4 Å². The van der Waals surface area contributed by atoms with Gasteiger partial charge in [0.1, 0.15) is 12.4 Å². The Morgan fingerprint density at radius 1 is 0.800 bits per heavy atom. The first-order valence-corrected chi connectivity index (χ1v) is 9.57. The first kappa shape index (κ1) is 21.1. The lowest BCUT2D eigenvalue weighted by atomic mass is 10.1.